The van der Waals surface area contributed by atoms with Crippen molar-refractivity contribution in [3.8, 4) is 0 Å². The van der Waals surface area contributed by atoms with Crippen LogP contribution in [0.2, 0.25) is 0 Å². The van der Waals surface area contributed by atoms with Crippen molar-refractivity contribution in [3.63, 3.8) is 0 Å². The van der Waals surface area contributed by atoms with Crippen LogP contribution in [0.3, 0.4) is 0 Å². The highest BCUT2D eigenvalue weighted by atomic mass is 35.5. The minimum Gasteiger partial charge on any atom is -0.480 e. The third-order valence-corrected chi connectivity index (χ3v) is 4.55. The zero-order chi connectivity index (χ0) is 17.5. The molecule has 1 aliphatic heterocycles. The Balaban J connectivity index is 0.00000312. The van der Waals surface area contributed by atoms with Crippen LogP contribution >= 0.6 is 12.4 Å². The number of nitrogens with one attached hydrogen (secondary N) is 1. The van der Waals surface area contributed by atoms with Gasteiger partial charge in [0.2, 0.25) is 5.91 Å². The number of piperidine rings is 1. The summed E-state index contributed by atoms with van der Waals surface area (Å²) in [5.74, 6) is -0.797. The van der Waals surface area contributed by atoms with Gasteiger partial charge in [-0.1, -0.05) is 19.1 Å². The number of rotatable bonds is 7. The molecular formula is C18H28ClN3O3. The van der Waals surface area contributed by atoms with Gasteiger partial charge in [-0.25, -0.2) is 0 Å². The summed E-state index contributed by atoms with van der Waals surface area (Å²) in [6.07, 6.45) is 2.73. The number of anilines is 1. The van der Waals surface area contributed by atoms with Gasteiger partial charge in [0.25, 0.3) is 0 Å². The number of likely N-dealkylation sites (N-methyl/N-ethyl adjacent to an activating group) is 1. The van der Waals surface area contributed by atoms with Crippen molar-refractivity contribution in [2.75, 3.05) is 38.5 Å². The van der Waals surface area contributed by atoms with E-state index in [4.69, 9.17) is 5.11 Å². The molecule has 25 heavy (non-hydrogen) atoms. The zero-order valence-electron chi connectivity index (χ0n) is 14.9. The molecule has 0 radical (unpaired) electrons. The first kappa shape index (κ1) is 21.4. The highest BCUT2D eigenvalue weighted by molar-refractivity contribution is 5.92. The van der Waals surface area contributed by atoms with E-state index < -0.39 is 5.97 Å². The molecule has 2 N–H and O–H groups in total. The maximum absolute atomic E-state index is 12.2. The van der Waals surface area contributed by atoms with Gasteiger partial charge >= 0.3 is 5.97 Å². The topological polar surface area (TPSA) is 72.9 Å². The van der Waals surface area contributed by atoms with Gasteiger partial charge < -0.3 is 10.4 Å². The highest BCUT2D eigenvalue weighted by Gasteiger charge is 2.24. The highest BCUT2D eigenvalue weighted by Crippen LogP contribution is 2.16. The Labute approximate surface area is 155 Å². The molecule has 6 nitrogen and oxygen atoms in total. The van der Waals surface area contributed by atoms with Gasteiger partial charge in [-0.2, -0.15) is 0 Å². The van der Waals surface area contributed by atoms with Crippen LogP contribution in [0.5, 0.6) is 0 Å². The van der Waals surface area contributed by atoms with Gasteiger partial charge in [-0.15, -0.1) is 12.4 Å². The van der Waals surface area contributed by atoms with Gasteiger partial charge in [-0.3, -0.25) is 19.4 Å². The minimum atomic E-state index is -0.798. The summed E-state index contributed by atoms with van der Waals surface area (Å²) in [6, 6.07) is 8.20. The van der Waals surface area contributed by atoms with Crippen molar-refractivity contribution in [1.82, 2.24) is 9.80 Å². The van der Waals surface area contributed by atoms with Crippen molar-refractivity contribution < 1.29 is 14.7 Å². The van der Waals surface area contributed by atoms with Crippen LogP contribution in [-0.4, -0.2) is 66.1 Å². The van der Waals surface area contributed by atoms with E-state index in [2.05, 4.69) is 17.1 Å². The van der Waals surface area contributed by atoms with Gasteiger partial charge in [0, 0.05) is 24.8 Å². The van der Waals surface area contributed by atoms with Crippen LogP contribution in [-0.2, 0) is 16.0 Å². The molecule has 1 aromatic carbocycles. The van der Waals surface area contributed by atoms with Crippen molar-refractivity contribution in [2.45, 2.75) is 32.2 Å². The van der Waals surface area contributed by atoms with E-state index in [-0.39, 0.29) is 30.9 Å². The largest absolute Gasteiger partial charge is 0.480 e. The number of amides is 1. The third-order valence-electron chi connectivity index (χ3n) is 4.55. The molecular weight excluding hydrogens is 342 g/mol. The molecule has 1 fully saturated rings. The van der Waals surface area contributed by atoms with E-state index in [0.717, 1.165) is 38.0 Å². The Morgan fingerprint density at radius 2 is 2.00 bits per heavy atom. The summed E-state index contributed by atoms with van der Waals surface area (Å²) in [5, 5.41) is 11.8. The fourth-order valence-electron chi connectivity index (χ4n) is 3.13. The van der Waals surface area contributed by atoms with E-state index in [1.54, 1.807) is 0 Å². The van der Waals surface area contributed by atoms with Crippen LogP contribution < -0.4 is 5.32 Å². The lowest BCUT2D eigenvalue weighted by Gasteiger charge is -2.35. The van der Waals surface area contributed by atoms with Crippen LogP contribution in [0.15, 0.2) is 24.3 Å². The molecule has 0 unspecified atom stereocenters. The second-order valence-electron chi connectivity index (χ2n) is 6.42. The Morgan fingerprint density at radius 3 is 2.60 bits per heavy atom. The maximum Gasteiger partial charge on any atom is 0.317 e. The van der Waals surface area contributed by atoms with E-state index >= 15 is 0 Å². The summed E-state index contributed by atoms with van der Waals surface area (Å²) in [4.78, 5) is 27.0. The van der Waals surface area contributed by atoms with Crippen LogP contribution in [0.4, 0.5) is 5.69 Å². The molecule has 1 aliphatic rings. The number of benzene rings is 1. The van der Waals surface area contributed by atoms with Crippen molar-refractivity contribution in [3.05, 3.63) is 29.8 Å². The second kappa shape index (κ2) is 10.4. The first-order chi connectivity index (χ1) is 11.5. The molecule has 0 saturated carbocycles. The summed E-state index contributed by atoms with van der Waals surface area (Å²) in [5.41, 5.74) is 2.05. The average Bonchev–Trinajstić information content (AvgIpc) is 2.55. The van der Waals surface area contributed by atoms with E-state index in [1.165, 1.54) is 5.56 Å². The number of carboxylic acid groups (broad SMARTS) is 1. The monoisotopic (exact) mass is 369 g/mol. The number of nitrogens with zero attached hydrogens (tertiary/aromatic N) is 2. The molecule has 1 amide bonds. The molecule has 7 heteroatoms. The summed E-state index contributed by atoms with van der Waals surface area (Å²) in [7, 11) is 1.85. The molecule has 140 valence electrons. The molecule has 1 saturated heterocycles. The van der Waals surface area contributed by atoms with Crippen LogP contribution in [0, 0.1) is 0 Å². The molecule has 0 atom stereocenters. The zero-order valence-corrected chi connectivity index (χ0v) is 15.7. The van der Waals surface area contributed by atoms with Gasteiger partial charge in [0.15, 0.2) is 0 Å². The van der Waals surface area contributed by atoms with Crippen LogP contribution in [0.1, 0.15) is 25.3 Å². The Morgan fingerprint density at radius 1 is 1.32 bits per heavy atom. The number of hydrogen-bond acceptors (Lipinski definition) is 4. The molecule has 0 spiro atoms. The Bertz CT molecular complexity index is 574. The van der Waals surface area contributed by atoms with Gasteiger partial charge in [-0.05, 0) is 44.0 Å². The van der Waals surface area contributed by atoms with Crippen molar-refractivity contribution in [2.24, 2.45) is 0 Å². The minimum absolute atomic E-state index is 0. The SMILES string of the molecule is CCc1cccc(NC(=O)CN2CCC(N(C)CC(=O)O)CC2)c1.Cl. The van der Waals surface area contributed by atoms with Crippen molar-refractivity contribution >= 4 is 30.0 Å². The Kier molecular flexibility index (Phi) is 8.89. The Hall–Kier alpha value is -1.63. The van der Waals surface area contributed by atoms with E-state index in [0.29, 0.717) is 6.54 Å². The van der Waals surface area contributed by atoms with Gasteiger partial charge in [0.1, 0.15) is 0 Å². The second-order valence-corrected chi connectivity index (χ2v) is 6.42. The number of carbonyl (C=O) groups excluding carboxylic acids is 1. The predicted octanol–water partition coefficient (Wildman–Crippen LogP) is 2.09. The first-order valence-electron chi connectivity index (χ1n) is 8.51. The molecule has 2 rings (SSSR count). The summed E-state index contributed by atoms with van der Waals surface area (Å²) in [6.45, 7) is 4.17. The number of likely N-dealkylation sites (tertiary alicyclic amines) is 1. The lowest BCUT2D eigenvalue weighted by molar-refractivity contribution is -0.138. The number of carbonyl (C=O) groups is 2. The fourth-order valence-corrected chi connectivity index (χ4v) is 3.13. The number of hydrogen-bond donors (Lipinski definition) is 2. The molecule has 1 aromatic rings. The molecule has 0 aromatic heterocycles. The lowest BCUT2D eigenvalue weighted by Crippen LogP contribution is -2.46. The molecule has 0 bridgehead atoms. The van der Waals surface area contributed by atoms with E-state index in [9.17, 15) is 9.59 Å². The summed E-state index contributed by atoms with van der Waals surface area (Å²) >= 11 is 0. The fraction of sp³-hybridized carbons (Fsp3) is 0.556. The first-order valence-corrected chi connectivity index (χ1v) is 8.51. The van der Waals surface area contributed by atoms with Crippen molar-refractivity contribution in [1.29, 1.82) is 0 Å². The molecule has 0 aliphatic carbocycles. The number of halogens is 1. The smallest absolute Gasteiger partial charge is 0.317 e. The van der Waals surface area contributed by atoms with Crippen LogP contribution in [0.25, 0.3) is 0 Å². The predicted molar refractivity (Wildman–Crippen MR) is 101 cm³/mol. The summed E-state index contributed by atoms with van der Waals surface area (Å²) < 4.78 is 0. The number of aryl methyl sites for hydroxylation is 1. The number of carboxylic acids is 1. The lowest BCUT2D eigenvalue weighted by atomic mass is 10.0. The van der Waals surface area contributed by atoms with Gasteiger partial charge in [0.05, 0.1) is 13.1 Å². The van der Waals surface area contributed by atoms with E-state index in [1.807, 2.05) is 36.2 Å². The normalized spacial score (nSPS) is 15.6. The average molecular weight is 370 g/mol. The quantitative estimate of drug-likeness (QED) is 0.770. The third kappa shape index (κ3) is 7.02. The molecule has 1 heterocycles. The standard InChI is InChI=1S/C18H27N3O3.ClH/c1-3-14-5-4-6-15(11-14)19-17(22)12-21-9-7-16(8-10-21)20(2)13-18(23)24;/h4-6,11,16H,3,7-10,12-13H2,1-2H3,(H,19,22)(H,23,24);1H. The maximum atomic E-state index is 12.2. The number of aliphatic carboxylic acids is 1.